The minimum absolute atomic E-state index is 0.329. The summed E-state index contributed by atoms with van der Waals surface area (Å²) in [7, 11) is 0. The molecule has 0 spiro atoms. The molecule has 2 rings (SSSR count). The van der Waals surface area contributed by atoms with Crippen molar-refractivity contribution in [1.29, 1.82) is 0 Å². The summed E-state index contributed by atoms with van der Waals surface area (Å²) in [6, 6.07) is 7.31. The van der Waals surface area contributed by atoms with Crippen molar-refractivity contribution in [3.63, 3.8) is 0 Å². The van der Waals surface area contributed by atoms with Crippen LogP contribution in [0.4, 0.5) is 5.69 Å². The summed E-state index contributed by atoms with van der Waals surface area (Å²) in [4.78, 5) is 10.8. The van der Waals surface area contributed by atoms with E-state index in [9.17, 15) is 4.79 Å². The van der Waals surface area contributed by atoms with Crippen LogP contribution in [0, 0.1) is 0 Å². The predicted octanol–water partition coefficient (Wildman–Crippen LogP) is 4.08. The van der Waals surface area contributed by atoms with Crippen molar-refractivity contribution in [1.82, 2.24) is 0 Å². The summed E-state index contributed by atoms with van der Waals surface area (Å²) in [6.45, 7) is 0. The normalized spacial score (nSPS) is 21.8. The molecule has 1 unspecified atom stereocenters. The van der Waals surface area contributed by atoms with Crippen molar-refractivity contribution in [2.24, 2.45) is 0 Å². The third-order valence-corrected chi connectivity index (χ3v) is 3.49. The highest BCUT2D eigenvalue weighted by Gasteiger charge is 2.07. The topological polar surface area (TPSA) is 49.3 Å². The molecular weight excluding hydrogens is 238 g/mol. The number of aromatic carboxylic acids is 1. The SMILES string of the molecule is O=C(O)c1ccc(NC2/C=C\CCCCCC2)cc1. The molecule has 0 bridgehead atoms. The van der Waals surface area contributed by atoms with E-state index in [2.05, 4.69) is 17.5 Å². The molecule has 2 N–H and O–H groups in total. The van der Waals surface area contributed by atoms with Crippen LogP contribution in [0.25, 0.3) is 0 Å². The van der Waals surface area contributed by atoms with Crippen LogP contribution in [-0.2, 0) is 0 Å². The van der Waals surface area contributed by atoms with Crippen LogP contribution in [0.2, 0.25) is 0 Å². The first-order valence-electron chi connectivity index (χ1n) is 7.02. The molecule has 0 fully saturated rings. The maximum absolute atomic E-state index is 10.8. The average Bonchev–Trinajstić information content (AvgIpc) is 2.53. The molecule has 19 heavy (non-hydrogen) atoms. The van der Waals surface area contributed by atoms with Crippen molar-refractivity contribution >= 4 is 11.7 Å². The van der Waals surface area contributed by atoms with Gasteiger partial charge in [-0.15, -0.1) is 0 Å². The summed E-state index contributed by atoms with van der Waals surface area (Å²) < 4.78 is 0. The maximum atomic E-state index is 10.8. The first kappa shape index (κ1) is 13.7. The van der Waals surface area contributed by atoms with Crippen molar-refractivity contribution in [2.75, 3.05) is 5.32 Å². The van der Waals surface area contributed by atoms with Gasteiger partial charge in [0.05, 0.1) is 5.56 Å². The summed E-state index contributed by atoms with van der Waals surface area (Å²) in [5, 5.41) is 12.3. The van der Waals surface area contributed by atoms with Crippen molar-refractivity contribution in [3.8, 4) is 0 Å². The fraction of sp³-hybridized carbons (Fsp3) is 0.438. The Kier molecular flexibility index (Phi) is 5.01. The van der Waals surface area contributed by atoms with E-state index >= 15 is 0 Å². The van der Waals surface area contributed by atoms with Crippen LogP contribution in [0.3, 0.4) is 0 Å². The Balaban J connectivity index is 1.97. The molecule has 1 atom stereocenters. The van der Waals surface area contributed by atoms with Gasteiger partial charge in [0, 0.05) is 11.7 Å². The molecule has 3 heteroatoms. The summed E-state index contributed by atoms with van der Waals surface area (Å²) in [6.07, 6.45) is 12.0. The molecule has 1 aromatic carbocycles. The Morgan fingerprint density at radius 1 is 1.11 bits per heavy atom. The van der Waals surface area contributed by atoms with Crippen LogP contribution < -0.4 is 5.32 Å². The van der Waals surface area contributed by atoms with Gasteiger partial charge in [0.15, 0.2) is 0 Å². The lowest BCUT2D eigenvalue weighted by molar-refractivity contribution is 0.0697. The maximum Gasteiger partial charge on any atom is 0.335 e. The molecule has 1 aromatic rings. The summed E-state index contributed by atoms with van der Waals surface area (Å²) >= 11 is 0. The second-order valence-electron chi connectivity index (χ2n) is 5.05. The Morgan fingerprint density at radius 3 is 2.58 bits per heavy atom. The number of rotatable bonds is 3. The number of allylic oxidation sites excluding steroid dienone is 1. The fourth-order valence-corrected chi connectivity index (χ4v) is 2.38. The molecule has 0 saturated heterocycles. The molecule has 0 heterocycles. The van der Waals surface area contributed by atoms with Gasteiger partial charge in [0.2, 0.25) is 0 Å². The fourth-order valence-electron chi connectivity index (χ4n) is 2.38. The third kappa shape index (κ3) is 4.43. The molecule has 0 aliphatic heterocycles. The minimum Gasteiger partial charge on any atom is -0.478 e. The van der Waals surface area contributed by atoms with Crippen molar-refractivity contribution in [2.45, 2.75) is 44.6 Å². The van der Waals surface area contributed by atoms with Gasteiger partial charge in [0.1, 0.15) is 0 Å². The average molecular weight is 259 g/mol. The van der Waals surface area contributed by atoms with Crippen LogP contribution in [0.15, 0.2) is 36.4 Å². The third-order valence-electron chi connectivity index (χ3n) is 3.49. The van der Waals surface area contributed by atoms with Crippen LogP contribution in [0.1, 0.15) is 48.9 Å². The van der Waals surface area contributed by atoms with Crippen molar-refractivity contribution < 1.29 is 9.90 Å². The molecule has 0 radical (unpaired) electrons. The Morgan fingerprint density at radius 2 is 1.84 bits per heavy atom. The van der Waals surface area contributed by atoms with Gasteiger partial charge in [-0.05, 0) is 43.5 Å². The number of carboxylic acid groups (broad SMARTS) is 1. The second-order valence-corrected chi connectivity index (χ2v) is 5.05. The molecule has 3 nitrogen and oxygen atoms in total. The van der Waals surface area contributed by atoms with E-state index in [0.717, 1.165) is 18.5 Å². The van der Waals surface area contributed by atoms with E-state index < -0.39 is 5.97 Å². The lowest BCUT2D eigenvalue weighted by atomic mass is 10.1. The number of anilines is 1. The van der Waals surface area contributed by atoms with Gasteiger partial charge in [-0.25, -0.2) is 4.79 Å². The molecule has 0 amide bonds. The Bertz CT molecular complexity index is 437. The smallest absolute Gasteiger partial charge is 0.335 e. The van der Waals surface area contributed by atoms with Gasteiger partial charge in [-0.1, -0.05) is 31.4 Å². The number of hydrogen-bond donors (Lipinski definition) is 2. The van der Waals surface area contributed by atoms with Crippen LogP contribution >= 0.6 is 0 Å². The highest BCUT2D eigenvalue weighted by atomic mass is 16.4. The largest absolute Gasteiger partial charge is 0.478 e. The van der Waals surface area contributed by atoms with Gasteiger partial charge in [-0.2, -0.15) is 0 Å². The van der Waals surface area contributed by atoms with Crippen LogP contribution in [-0.4, -0.2) is 17.1 Å². The summed E-state index contributed by atoms with van der Waals surface area (Å²) in [5.41, 5.74) is 1.31. The van der Waals surface area contributed by atoms with Crippen molar-refractivity contribution in [3.05, 3.63) is 42.0 Å². The molecular formula is C16H21NO2. The zero-order valence-corrected chi connectivity index (χ0v) is 11.1. The molecule has 102 valence electrons. The van der Waals surface area contributed by atoms with E-state index in [-0.39, 0.29) is 0 Å². The molecule has 1 aliphatic rings. The summed E-state index contributed by atoms with van der Waals surface area (Å²) in [5.74, 6) is -0.881. The van der Waals surface area contributed by atoms with E-state index in [1.54, 1.807) is 12.1 Å². The number of carboxylic acids is 1. The molecule has 0 saturated carbocycles. The van der Waals surface area contributed by atoms with Gasteiger partial charge in [-0.3, -0.25) is 0 Å². The molecule has 1 aliphatic carbocycles. The Hall–Kier alpha value is -1.77. The number of nitrogens with one attached hydrogen (secondary N) is 1. The van der Waals surface area contributed by atoms with E-state index in [4.69, 9.17) is 5.11 Å². The Labute approximate surface area is 114 Å². The lowest BCUT2D eigenvalue weighted by Crippen LogP contribution is -2.16. The second kappa shape index (κ2) is 6.98. The van der Waals surface area contributed by atoms with Gasteiger partial charge in [0.25, 0.3) is 0 Å². The quantitative estimate of drug-likeness (QED) is 0.804. The van der Waals surface area contributed by atoms with E-state index in [1.165, 1.54) is 25.7 Å². The monoisotopic (exact) mass is 259 g/mol. The van der Waals surface area contributed by atoms with E-state index in [1.807, 2.05) is 12.1 Å². The highest BCUT2D eigenvalue weighted by molar-refractivity contribution is 5.88. The molecule has 0 aromatic heterocycles. The minimum atomic E-state index is -0.881. The number of hydrogen-bond acceptors (Lipinski definition) is 2. The highest BCUT2D eigenvalue weighted by Crippen LogP contribution is 2.17. The van der Waals surface area contributed by atoms with E-state index in [0.29, 0.717) is 11.6 Å². The zero-order chi connectivity index (χ0) is 13.5. The first-order valence-corrected chi connectivity index (χ1v) is 7.02. The predicted molar refractivity (Wildman–Crippen MR) is 77.7 cm³/mol. The lowest BCUT2D eigenvalue weighted by Gasteiger charge is -2.16. The van der Waals surface area contributed by atoms with Gasteiger partial charge < -0.3 is 10.4 Å². The number of carbonyl (C=O) groups is 1. The zero-order valence-electron chi connectivity index (χ0n) is 11.1. The first-order chi connectivity index (χ1) is 9.25. The van der Waals surface area contributed by atoms with Crippen LogP contribution in [0.5, 0.6) is 0 Å². The van der Waals surface area contributed by atoms with Gasteiger partial charge >= 0.3 is 5.97 Å². The standard InChI is InChI=1S/C16H21NO2/c18-16(19)13-9-11-15(12-10-13)17-14-7-5-3-1-2-4-6-8-14/h5,7,9-12,14,17H,1-4,6,8H2,(H,18,19)/b7-5-. The number of benzene rings is 1.